The van der Waals surface area contributed by atoms with E-state index in [9.17, 15) is 40.2 Å². The van der Waals surface area contributed by atoms with Crippen LogP contribution in [0.4, 0.5) is 0 Å². The third-order valence-corrected chi connectivity index (χ3v) is 5.13. The molecule has 174 valence electrons. The largest absolute Gasteiger partial charge is 0.508 e. The smallest absolute Gasteiger partial charge is 0.298 e. The summed E-state index contributed by atoms with van der Waals surface area (Å²) in [5, 5.41) is 61.3. The van der Waals surface area contributed by atoms with Gasteiger partial charge in [-0.25, -0.2) is 0 Å². The number of hydrogen-bond acceptors (Lipinski definition) is 11. The Balaban J connectivity index is 2.17. The van der Waals surface area contributed by atoms with E-state index in [2.05, 4.69) is 0 Å². The minimum atomic E-state index is -1.57. The van der Waals surface area contributed by atoms with Gasteiger partial charge in [0.05, 0.1) is 5.92 Å². The van der Waals surface area contributed by atoms with E-state index in [1.807, 2.05) is 0 Å². The van der Waals surface area contributed by atoms with Crippen LogP contribution in [-0.4, -0.2) is 49.9 Å². The first-order chi connectivity index (χ1) is 15.6. The van der Waals surface area contributed by atoms with Crippen molar-refractivity contribution in [2.24, 2.45) is 5.92 Å². The van der Waals surface area contributed by atoms with Crippen molar-refractivity contribution in [3.8, 4) is 34.5 Å². The van der Waals surface area contributed by atoms with Crippen molar-refractivity contribution in [3.05, 3.63) is 46.5 Å². The number of aliphatic hydroxyl groups excluding tert-OH is 2. The topological polar surface area (TPSA) is 183 Å². The number of carbonyl (C=O) groups excluding carboxylic acids is 2. The minimum absolute atomic E-state index is 0.0409. The minimum Gasteiger partial charge on any atom is -0.508 e. The number of carbonyl (C=O) groups is 2. The average molecular weight is 460 g/mol. The highest BCUT2D eigenvalue weighted by Crippen LogP contribution is 2.48. The molecule has 0 spiro atoms. The molecule has 2 aromatic carbocycles. The molecule has 0 amide bonds. The highest BCUT2D eigenvalue weighted by molar-refractivity contribution is 5.79. The summed E-state index contributed by atoms with van der Waals surface area (Å²) in [7, 11) is 0. The van der Waals surface area contributed by atoms with Crippen molar-refractivity contribution in [3.63, 3.8) is 0 Å². The molecule has 0 fully saturated rings. The number of ether oxygens (including phenoxy) is 3. The summed E-state index contributed by atoms with van der Waals surface area (Å²) in [4.78, 5) is 21.7. The van der Waals surface area contributed by atoms with E-state index in [1.165, 1.54) is 13.8 Å². The fourth-order valence-electron chi connectivity index (χ4n) is 3.71. The molecular weight excluding hydrogens is 440 g/mol. The fraction of sp³-hybridized carbons (Fsp3) is 0.182. The van der Waals surface area contributed by atoms with Crippen molar-refractivity contribution in [2.75, 3.05) is 0 Å². The summed E-state index contributed by atoms with van der Waals surface area (Å²) in [6.07, 6.45) is -1.57. The molecule has 1 aliphatic rings. The molecule has 2 atom stereocenters. The zero-order valence-corrected chi connectivity index (χ0v) is 17.3. The summed E-state index contributed by atoms with van der Waals surface area (Å²) in [6.45, 7) is 3.05. The maximum atomic E-state index is 10.9. The van der Waals surface area contributed by atoms with E-state index in [4.69, 9.17) is 14.2 Å². The molecule has 0 saturated carbocycles. The van der Waals surface area contributed by atoms with E-state index in [0.717, 1.165) is 24.3 Å². The molecule has 1 aliphatic heterocycles. The molecule has 2 unspecified atom stereocenters. The van der Waals surface area contributed by atoms with Crippen LogP contribution >= 0.6 is 0 Å². The molecule has 0 aromatic heterocycles. The Morgan fingerprint density at radius 2 is 1.48 bits per heavy atom. The van der Waals surface area contributed by atoms with Gasteiger partial charge in [-0.05, 0) is 25.0 Å². The Bertz CT molecular complexity index is 1180. The monoisotopic (exact) mass is 460 g/mol. The van der Waals surface area contributed by atoms with Gasteiger partial charge in [0, 0.05) is 24.3 Å². The first kappa shape index (κ1) is 23.3. The number of phenolic OH excluding ortho intramolecular Hbond substituents is 4. The Labute approximate surface area is 186 Å². The fourth-order valence-corrected chi connectivity index (χ4v) is 3.71. The standard InChI is InChI=1S/C22H20O11/c1-9(20(29)18-13(27)3-11(25)5-15(18)31-7-23)17-10(2)21(33-22(17)30)19-14(28)4-12(26)6-16(19)32-8-24/h3-8,17,22,25-30H,1-2H3/b20-9-. The van der Waals surface area contributed by atoms with Crippen LogP contribution in [0.5, 0.6) is 34.5 Å². The van der Waals surface area contributed by atoms with Crippen molar-refractivity contribution in [2.45, 2.75) is 20.1 Å². The Morgan fingerprint density at radius 3 is 2.09 bits per heavy atom. The van der Waals surface area contributed by atoms with Gasteiger partial charge in [-0.15, -0.1) is 0 Å². The highest BCUT2D eigenvalue weighted by atomic mass is 16.6. The van der Waals surface area contributed by atoms with Crippen molar-refractivity contribution in [1.29, 1.82) is 0 Å². The Morgan fingerprint density at radius 1 is 0.939 bits per heavy atom. The van der Waals surface area contributed by atoms with Gasteiger partial charge >= 0.3 is 0 Å². The third-order valence-electron chi connectivity index (χ3n) is 5.13. The molecule has 33 heavy (non-hydrogen) atoms. The van der Waals surface area contributed by atoms with E-state index in [1.54, 1.807) is 0 Å². The Hall–Kier alpha value is -4.38. The maximum absolute atomic E-state index is 10.9. The van der Waals surface area contributed by atoms with Gasteiger partial charge in [0.1, 0.15) is 57.1 Å². The zero-order chi connectivity index (χ0) is 24.4. The van der Waals surface area contributed by atoms with Gasteiger partial charge in [0.25, 0.3) is 12.9 Å². The molecule has 1 heterocycles. The second-order valence-corrected chi connectivity index (χ2v) is 7.13. The number of aromatic hydroxyl groups is 4. The van der Waals surface area contributed by atoms with Crippen LogP contribution in [0.3, 0.4) is 0 Å². The number of benzene rings is 2. The quantitative estimate of drug-likeness (QED) is 0.263. The van der Waals surface area contributed by atoms with Gasteiger partial charge in [0.2, 0.25) is 6.29 Å². The van der Waals surface area contributed by atoms with Crippen molar-refractivity contribution >= 4 is 24.5 Å². The molecular formula is C22H20O11. The maximum Gasteiger partial charge on any atom is 0.298 e. The lowest BCUT2D eigenvalue weighted by atomic mass is 9.89. The van der Waals surface area contributed by atoms with Gasteiger partial charge < -0.3 is 44.8 Å². The predicted molar refractivity (Wildman–Crippen MR) is 111 cm³/mol. The summed E-state index contributed by atoms with van der Waals surface area (Å²) in [5.41, 5.74) is -0.0747. The lowest BCUT2D eigenvalue weighted by molar-refractivity contribution is -0.121. The zero-order valence-electron chi connectivity index (χ0n) is 17.3. The van der Waals surface area contributed by atoms with E-state index in [-0.39, 0.29) is 52.7 Å². The molecule has 0 saturated heterocycles. The molecule has 0 radical (unpaired) electrons. The molecule has 11 heteroatoms. The van der Waals surface area contributed by atoms with E-state index in [0.29, 0.717) is 5.57 Å². The highest BCUT2D eigenvalue weighted by Gasteiger charge is 2.39. The first-order valence-corrected chi connectivity index (χ1v) is 9.39. The van der Waals surface area contributed by atoms with Gasteiger partial charge in [-0.2, -0.15) is 0 Å². The van der Waals surface area contributed by atoms with Crippen molar-refractivity contribution < 1.29 is 54.4 Å². The molecule has 2 aromatic rings. The number of aliphatic hydroxyl groups is 2. The molecule has 0 bridgehead atoms. The predicted octanol–water partition coefficient (Wildman–Crippen LogP) is 2.26. The third kappa shape index (κ3) is 4.21. The Kier molecular flexibility index (Phi) is 6.35. The summed E-state index contributed by atoms with van der Waals surface area (Å²) in [5.74, 6) is -4.16. The summed E-state index contributed by atoms with van der Waals surface area (Å²) in [6, 6.07) is 3.96. The van der Waals surface area contributed by atoms with Crippen LogP contribution < -0.4 is 9.47 Å². The summed E-state index contributed by atoms with van der Waals surface area (Å²) < 4.78 is 15.0. The van der Waals surface area contributed by atoms with Crippen LogP contribution in [-0.2, 0) is 14.3 Å². The average Bonchev–Trinajstić information content (AvgIpc) is 3.00. The lowest BCUT2D eigenvalue weighted by Gasteiger charge is -2.19. The van der Waals surface area contributed by atoms with Crippen molar-refractivity contribution in [1.82, 2.24) is 0 Å². The van der Waals surface area contributed by atoms with E-state index >= 15 is 0 Å². The first-order valence-electron chi connectivity index (χ1n) is 9.39. The SMILES string of the molecule is CC1=C(c2c(O)cc(O)cc2OC=O)OC(O)C1/C(C)=C(\O)c1c(O)cc(O)cc1OC=O. The molecule has 11 nitrogen and oxygen atoms in total. The normalized spacial score (nSPS) is 18.4. The number of phenols is 4. The number of hydrogen-bond donors (Lipinski definition) is 6. The molecule has 3 rings (SSSR count). The van der Waals surface area contributed by atoms with Crippen LogP contribution in [0.2, 0.25) is 0 Å². The van der Waals surface area contributed by atoms with Crippen LogP contribution in [0, 0.1) is 5.92 Å². The van der Waals surface area contributed by atoms with Crippen LogP contribution in [0.1, 0.15) is 25.0 Å². The van der Waals surface area contributed by atoms with Gasteiger partial charge in [-0.3, -0.25) is 9.59 Å². The summed E-state index contributed by atoms with van der Waals surface area (Å²) >= 11 is 0. The second kappa shape index (κ2) is 9.01. The van der Waals surface area contributed by atoms with Crippen LogP contribution in [0.15, 0.2) is 35.4 Å². The molecule has 0 aliphatic carbocycles. The van der Waals surface area contributed by atoms with Gasteiger partial charge in [0.15, 0.2) is 0 Å². The van der Waals surface area contributed by atoms with Crippen LogP contribution in [0.25, 0.3) is 11.5 Å². The molecule has 6 N–H and O–H groups in total. The second-order valence-electron chi connectivity index (χ2n) is 7.13. The van der Waals surface area contributed by atoms with Gasteiger partial charge in [-0.1, -0.05) is 0 Å². The lowest BCUT2D eigenvalue weighted by Crippen LogP contribution is -2.19. The van der Waals surface area contributed by atoms with E-state index < -0.39 is 35.2 Å². The number of rotatable bonds is 7.